The van der Waals surface area contributed by atoms with Crippen molar-refractivity contribution in [2.24, 2.45) is 10.7 Å². The van der Waals surface area contributed by atoms with E-state index in [1.54, 1.807) is 25.3 Å². The van der Waals surface area contributed by atoms with E-state index in [-0.39, 0.29) is 17.7 Å². The van der Waals surface area contributed by atoms with E-state index < -0.39 is 29.4 Å². The summed E-state index contributed by atoms with van der Waals surface area (Å²) in [6.45, 7) is 1.98. The lowest BCUT2D eigenvalue weighted by Crippen LogP contribution is -2.46. The van der Waals surface area contributed by atoms with Gasteiger partial charge in [-0.25, -0.2) is 13.2 Å². The molecule has 6 nitrogen and oxygen atoms in total. The van der Waals surface area contributed by atoms with Gasteiger partial charge >= 0.3 is 0 Å². The van der Waals surface area contributed by atoms with Crippen molar-refractivity contribution < 1.29 is 18.0 Å². The molecule has 1 atom stereocenters. The molecule has 9 heteroatoms. The van der Waals surface area contributed by atoms with E-state index in [1.165, 1.54) is 30.1 Å². The van der Waals surface area contributed by atoms with Gasteiger partial charge in [0.25, 0.3) is 5.91 Å². The molecule has 178 valence electrons. The molecule has 1 amide bonds. The normalized spacial score (nSPS) is 16.4. The summed E-state index contributed by atoms with van der Waals surface area (Å²) in [6.07, 6.45) is 1.87. The fourth-order valence-electron chi connectivity index (χ4n) is 4.32. The minimum atomic E-state index is -0.729. The molecule has 1 aliphatic rings. The Morgan fingerprint density at radius 1 is 1.06 bits per heavy atom. The van der Waals surface area contributed by atoms with E-state index in [0.29, 0.717) is 40.2 Å². The predicted octanol–water partition coefficient (Wildman–Crippen LogP) is 4.54. The number of aliphatic imine (C=N–C) groups is 1. The third kappa shape index (κ3) is 4.68. The minimum absolute atomic E-state index is 0.138. The lowest BCUT2D eigenvalue weighted by Gasteiger charge is -2.36. The Labute approximate surface area is 200 Å². The molecule has 0 bridgehead atoms. The highest BCUT2D eigenvalue weighted by Crippen LogP contribution is 2.28. The van der Waals surface area contributed by atoms with E-state index in [2.05, 4.69) is 9.98 Å². The minimum Gasteiger partial charge on any atom is -0.400 e. The Balaban J connectivity index is 1.65. The van der Waals surface area contributed by atoms with E-state index in [4.69, 9.17) is 11.0 Å². The van der Waals surface area contributed by atoms with Crippen LogP contribution in [0.15, 0.2) is 64.9 Å². The van der Waals surface area contributed by atoms with Crippen LogP contribution >= 0.6 is 0 Å². The second-order valence-corrected chi connectivity index (χ2v) is 8.23. The van der Waals surface area contributed by atoms with E-state index in [1.807, 2.05) is 6.07 Å². The maximum atomic E-state index is 14.4. The fraction of sp³-hybridized carbons (Fsp3) is 0.192. The summed E-state index contributed by atoms with van der Waals surface area (Å²) in [6, 6.07) is 10.1. The maximum Gasteiger partial charge on any atom is 0.254 e. The molecular weight excluding hydrogens is 455 g/mol. The molecule has 1 aromatic heterocycles. The molecule has 2 heterocycles. The van der Waals surface area contributed by atoms with Gasteiger partial charge in [0, 0.05) is 53.8 Å². The molecule has 4 rings (SSSR count). The zero-order valence-corrected chi connectivity index (χ0v) is 19.1. The van der Waals surface area contributed by atoms with Crippen LogP contribution in [0.25, 0.3) is 11.1 Å². The Kier molecular flexibility index (Phi) is 6.47. The Hall–Kier alpha value is -4.32. The lowest BCUT2D eigenvalue weighted by atomic mass is 9.91. The molecule has 3 N–H and O–H groups in total. The van der Waals surface area contributed by atoms with Crippen molar-refractivity contribution >= 4 is 11.6 Å². The Morgan fingerprint density at radius 2 is 1.71 bits per heavy atom. The third-order valence-corrected chi connectivity index (χ3v) is 6.06. The number of hydrogen-bond acceptors (Lipinski definition) is 4. The van der Waals surface area contributed by atoms with Gasteiger partial charge in [-0.1, -0.05) is 0 Å². The summed E-state index contributed by atoms with van der Waals surface area (Å²) in [5.74, 6) is -2.46. The van der Waals surface area contributed by atoms with Crippen LogP contribution in [0.3, 0.4) is 0 Å². The smallest absolute Gasteiger partial charge is 0.254 e. The maximum absolute atomic E-state index is 14.4. The van der Waals surface area contributed by atoms with Gasteiger partial charge in [0.05, 0.1) is 11.8 Å². The number of nitrogens with zero attached hydrogens (tertiary/aromatic N) is 3. The quantitative estimate of drug-likeness (QED) is 0.540. The number of aromatic nitrogens is 1. The van der Waals surface area contributed by atoms with Crippen molar-refractivity contribution in [1.29, 1.82) is 5.26 Å². The topological polar surface area (TPSA) is 98.3 Å². The Bertz CT molecular complexity index is 1400. The number of benzene rings is 2. The highest BCUT2D eigenvalue weighted by molar-refractivity contribution is 6.13. The molecule has 0 saturated heterocycles. The summed E-state index contributed by atoms with van der Waals surface area (Å²) < 4.78 is 42.0. The van der Waals surface area contributed by atoms with Crippen LogP contribution < -0.4 is 5.73 Å². The first-order chi connectivity index (χ1) is 16.7. The molecule has 3 aromatic rings. The van der Waals surface area contributed by atoms with Crippen molar-refractivity contribution in [3.8, 4) is 17.2 Å². The van der Waals surface area contributed by atoms with Crippen molar-refractivity contribution in [1.82, 2.24) is 9.88 Å². The van der Waals surface area contributed by atoms with E-state index in [9.17, 15) is 18.0 Å². The van der Waals surface area contributed by atoms with Crippen molar-refractivity contribution in [2.45, 2.75) is 19.4 Å². The van der Waals surface area contributed by atoms with Crippen LogP contribution in [0, 0.1) is 28.8 Å². The molecule has 0 unspecified atom stereocenters. The zero-order chi connectivity index (χ0) is 25.3. The molecule has 0 saturated carbocycles. The molecule has 1 aliphatic heterocycles. The number of amides is 1. The van der Waals surface area contributed by atoms with Crippen molar-refractivity contribution in [3.05, 3.63) is 94.2 Å². The van der Waals surface area contributed by atoms with Gasteiger partial charge in [0.15, 0.2) is 0 Å². The third-order valence-electron chi connectivity index (χ3n) is 6.06. The van der Waals surface area contributed by atoms with Gasteiger partial charge < -0.3 is 15.6 Å². The van der Waals surface area contributed by atoms with Gasteiger partial charge in [0.1, 0.15) is 29.2 Å². The van der Waals surface area contributed by atoms with Crippen LogP contribution in [0.4, 0.5) is 13.2 Å². The highest BCUT2D eigenvalue weighted by atomic mass is 19.1. The van der Waals surface area contributed by atoms with Gasteiger partial charge in [-0.2, -0.15) is 5.26 Å². The number of halogens is 3. The summed E-state index contributed by atoms with van der Waals surface area (Å²) in [4.78, 5) is 21.9. The van der Waals surface area contributed by atoms with Crippen LogP contribution in [0.1, 0.15) is 35.0 Å². The number of nitrogens with one attached hydrogen (secondary N) is 1. The first kappa shape index (κ1) is 23.8. The van der Waals surface area contributed by atoms with Gasteiger partial charge in [-0.05, 0) is 55.3 Å². The summed E-state index contributed by atoms with van der Waals surface area (Å²) >= 11 is 0. The molecule has 2 aromatic carbocycles. The number of rotatable bonds is 4. The lowest BCUT2D eigenvalue weighted by molar-refractivity contribution is 0.0706. The number of H-pyrrole nitrogens is 1. The summed E-state index contributed by atoms with van der Waals surface area (Å²) in [5.41, 5.74) is 9.44. The number of nitriles is 1. The van der Waals surface area contributed by atoms with Crippen LogP contribution in [-0.2, 0) is 0 Å². The first-order valence-electron chi connectivity index (χ1n) is 10.8. The second kappa shape index (κ2) is 9.50. The van der Waals surface area contributed by atoms with Crippen molar-refractivity contribution in [3.63, 3.8) is 0 Å². The summed E-state index contributed by atoms with van der Waals surface area (Å²) in [5, 5.41) is 9.02. The zero-order valence-electron chi connectivity index (χ0n) is 19.1. The number of carbonyl (C=O) groups excluding carboxylic acids is 1. The molecule has 0 spiro atoms. The molecular formula is C26H22F3N5O. The van der Waals surface area contributed by atoms with Gasteiger partial charge in [0.2, 0.25) is 0 Å². The largest absolute Gasteiger partial charge is 0.400 e. The van der Waals surface area contributed by atoms with Gasteiger partial charge in [-0.15, -0.1) is 0 Å². The first-order valence-corrected chi connectivity index (χ1v) is 10.8. The number of nitrogens with two attached hydrogens (primary N) is 1. The van der Waals surface area contributed by atoms with E-state index in [0.717, 1.165) is 12.1 Å². The standard InChI is InChI=1S/C26H22F3N5O/c1-14-24(31)23(25(32-2)16-7-20(28)11-21(29)8-16)3-4-34(14)26(35)17-5-15(6-19(27)9-17)18-10-22(12-30)33-13-18/h5-11,13-14,33H,3-4,31H2,1-2H3/t14-/m0/s1. The average molecular weight is 477 g/mol. The van der Waals surface area contributed by atoms with Crippen LogP contribution in [-0.4, -0.2) is 41.1 Å². The monoisotopic (exact) mass is 477 g/mol. The van der Waals surface area contributed by atoms with Crippen LogP contribution in [0.2, 0.25) is 0 Å². The molecule has 0 fully saturated rings. The van der Waals surface area contributed by atoms with Crippen LogP contribution in [0.5, 0.6) is 0 Å². The Morgan fingerprint density at radius 3 is 2.34 bits per heavy atom. The van der Waals surface area contributed by atoms with Crippen molar-refractivity contribution in [2.75, 3.05) is 13.6 Å². The molecule has 35 heavy (non-hydrogen) atoms. The predicted molar refractivity (Wildman–Crippen MR) is 126 cm³/mol. The average Bonchev–Trinajstić information content (AvgIpc) is 3.30. The van der Waals surface area contributed by atoms with Gasteiger partial charge in [-0.3, -0.25) is 9.79 Å². The SMILES string of the molecule is CN=C(C1=C(N)[C@H](C)N(C(=O)c2cc(F)cc(-c3c[nH]c(C#N)c3)c2)CC1)c1cc(F)cc(F)c1. The fourth-order valence-corrected chi connectivity index (χ4v) is 4.32. The molecule has 0 aliphatic carbocycles. The number of aromatic amines is 1. The molecule has 0 radical (unpaired) electrons. The number of hydrogen-bond donors (Lipinski definition) is 2. The van der Waals surface area contributed by atoms with E-state index >= 15 is 0 Å². The number of carbonyl (C=O) groups is 1. The second-order valence-electron chi connectivity index (χ2n) is 8.23. The summed E-state index contributed by atoms with van der Waals surface area (Å²) in [7, 11) is 1.51. The highest BCUT2D eigenvalue weighted by Gasteiger charge is 2.31.